The van der Waals surface area contributed by atoms with Crippen LogP contribution < -0.4 is 5.48 Å². The quantitative estimate of drug-likeness (QED) is 0.575. The maximum Gasteiger partial charge on any atom is 0.0916 e. The lowest BCUT2D eigenvalue weighted by molar-refractivity contribution is -0.00934. The van der Waals surface area contributed by atoms with E-state index in [0.29, 0.717) is 13.2 Å². The fourth-order valence-corrected chi connectivity index (χ4v) is 1.45. The Labute approximate surface area is 91.4 Å². The molecular weight excluding hydrogens is 190 g/mol. The molecule has 0 bridgehead atoms. The zero-order chi connectivity index (χ0) is 11.1. The van der Waals surface area contributed by atoms with Gasteiger partial charge in [-0.2, -0.15) is 5.48 Å². The summed E-state index contributed by atoms with van der Waals surface area (Å²) >= 11 is 0. The maximum atomic E-state index is 5.27. The number of nitrogens with one attached hydrogen (secondary N) is 1. The Bertz CT molecular complexity index is 289. The topological polar surface area (TPSA) is 30.5 Å². The molecule has 0 amide bonds. The second kappa shape index (κ2) is 6.56. The molecular formula is C12H19NO2. The molecule has 1 N–H and O–H groups in total. The molecule has 1 atom stereocenters. The summed E-state index contributed by atoms with van der Waals surface area (Å²) in [6, 6.07) is 8.48. The highest BCUT2D eigenvalue weighted by Gasteiger charge is 2.06. The van der Waals surface area contributed by atoms with Gasteiger partial charge in [0.25, 0.3) is 0 Å². The van der Waals surface area contributed by atoms with Crippen LogP contribution in [0.4, 0.5) is 0 Å². The lowest BCUT2D eigenvalue weighted by Crippen LogP contribution is -2.21. The molecule has 3 heteroatoms. The molecule has 1 aromatic carbocycles. The number of aryl methyl sites for hydroxylation is 1. The van der Waals surface area contributed by atoms with Gasteiger partial charge in [0.05, 0.1) is 19.3 Å². The van der Waals surface area contributed by atoms with Gasteiger partial charge in [-0.15, -0.1) is 0 Å². The van der Waals surface area contributed by atoms with Gasteiger partial charge >= 0.3 is 0 Å². The van der Waals surface area contributed by atoms with Crippen molar-refractivity contribution >= 4 is 0 Å². The van der Waals surface area contributed by atoms with Crippen LogP contribution in [0.2, 0.25) is 0 Å². The van der Waals surface area contributed by atoms with Crippen LogP contribution >= 0.6 is 0 Å². The van der Waals surface area contributed by atoms with Crippen molar-refractivity contribution in [1.82, 2.24) is 5.48 Å². The van der Waals surface area contributed by atoms with Crippen molar-refractivity contribution in [2.75, 3.05) is 20.3 Å². The highest BCUT2D eigenvalue weighted by atomic mass is 16.7. The molecule has 15 heavy (non-hydrogen) atoms. The minimum absolute atomic E-state index is 0.197. The second-order valence-electron chi connectivity index (χ2n) is 3.54. The van der Waals surface area contributed by atoms with Crippen LogP contribution in [0.1, 0.15) is 24.1 Å². The zero-order valence-electron chi connectivity index (χ0n) is 9.62. The van der Waals surface area contributed by atoms with Gasteiger partial charge in [0.2, 0.25) is 0 Å². The molecule has 0 aliphatic carbocycles. The Morgan fingerprint density at radius 3 is 2.67 bits per heavy atom. The smallest absolute Gasteiger partial charge is 0.0916 e. The van der Waals surface area contributed by atoms with E-state index in [0.717, 1.165) is 0 Å². The molecule has 0 aliphatic rings. The molecule has 1 rings (SSSR count). The van der Waals surface area contributed by atoms with E-state index in [1.54, 1.807) is 7.11 Å². The molecule has 84 valence electrons. The van der Waals surface area contributed by atoms with Gasteiger partial charge in [-0.05, 0) is 25.0 Å². The molecule has 0 aliphatic heterocycles. The average molecular weight is 209 g/mol. The van der Waals surface area contributed by atoms with Crippen LogP contribution in [0.15, 0.2) is 24.3 Å². The van der Waals surface area contributed by atoms with Gasteiger partial charge < -0.3 is 4.74 Å². The van der Waals surface area contributed by atoms with Gasteiger partial charge in [0.15, 0.2) is 0 Å². The van der Waals surface area contributed by atoms with Gasteiger partial charge in [0, 0.05) is 7.11 Å². The Morgan fingerprint density at radius 1 is 1.27 bits per heavy atom. The van der Waals surface area contributed by atoms with Crippen LogP contribution in [0.5, 0.6) is 0 Å². The van der Waals surface area contributed by atoms with Crippen LogP contribution in [0.25, 0.3) is 0 Å². The standard InChI is InChI=1S/C12H19NO2/c1-10-6-4-5-7-12(10)11(2)13-15-9-8-14-3/h4-7,11,13H,8-9H2,1-3H3. The highest BCUT2D eigenvalue weighted by molar-refractivity contribution is 5.27. The highest BCUT2D eigenvalue weighted by Crippen LogP contribution is 2.16. The SMILES string of the molecule is COCCONC(C)c1ccccc1C. The number of methoxy groups -OCH3 is 1. The molecule has 0 radical (unpaired) electrons. The summed E-state index contributed by atoms with van der Waals surface area (Å²) in [5.41, 5.74) is 5.52. The molecule has 0 fully saturated rings. The average Bonchev–Trinajstić information content (AvgIpc) is 2.25. The Balaban J connectivity index is 2.40. The Morgan fingerprint density at radius 2 is 2.00 bits per heavy atom. The first-order chi connectivity index (χ1) is 7.25. The van der Waals surface area contributed by atoms with E-state index in [9.17, 15) is 0 Å². The van der Waals surface area contributed by atoms with Crippen molar-refractivity contribution in [3.05, 3.63) is 35.4 Å². The summed E-state index contributed by atoms with van der Waals surface area (Å²) in [5, 5.41) is 0. The minimum atomic E-state index is 0.197. The molecule has 0 saturated heterocycles. The van der Waals surface area contributed by atoms with Crippen molar-refractivity contribution in [1.29, 1.82) is 0 Å². The van der Waals surface area contributed by atoms with Crippen LogP contribution in [0, 0.1) is 6.92 Å². The van der Waals surface area contributed by atoms with E-state index in [1.165, 1.54) is 11.1 Å². The summed E-state index contributed by atoms with van der Waals surface area (Å²) in [6.45, 7) is 5.35. The van der Waals surface area contributed by atoms with E-state index >= 15 is 0 Å². The number of ether oxygens (including phenoxy) is 1. The molecule has 1 unspecified atom stereocenters. The summed E-state index contributed by atoms with van der Waals surface area (Å²) in [7, 11) is 1.66. The number of benzene rings is 1. The lowest BCUT2D eigenvalue weighted by atomic mass is 10.0. The second-order valence-corrected chi connectivity index (χ2v) is 3.54. The summed E-state index contributed by atoms with van der Waals surface area (Å²) in [4.78, 5) is 5.27. The van der Waals surface area contributed by atoms with E-state index in [1.807, 2.05) is 12.1 Å². The van der Waals surface area contributed by atoms with Crippen LogP contribution in [0.3, 0.4) is 0 Å². The fourth-order valence-electron chi connectivity index (χ4n) is 1.45. The van der Waals surface area contributed by atoms with Gasteiger partial charge in [-0.25, -0.2) is 0 Å². The van der Waals surface area contributed by atoms with E-state index in [2.05, 4.69) is 31.5 Å². The largest absolute Gasteiger partial charge is 0.382 e. The van der Waals surface area contributed by atoms with Crippen LogP contribution in [-0.2, 0) is 9.57 Å². The molecule has 1 aromatic rings. The van der Waals surface area contributed by atoms with Crippen molar-refractivity contribution in [3.63, 3.8) is 0 Å². The Kier molecular flexibility index (Phi) is 5.32. The number of hydrogen-bond acceptors (Lipinski definition) is 3. The molecule has 0 saturated carbocycles. The maximum absolute atomic E-state index is 5.27. The molecule has 0 heterocycles. The summed E-state index contributed by atoms with van der Waals surface area (Å²) < 4.78 is 4.89. The first-order valence-electron chi connectivity index (χ1n) is 5.17. The molecule has 0 spiro atoms. The van der Waals surface area contributed by atoms with E-state index in [-0.39, 0.29) is 6.04 Å². The third-order valence-electron chi connectivity index (χ3n) is 2.30. The predicted octanol–water partition coefficient (Wildman–Crippen LogP) is 2.22. The first-order valence-corrected chi connectivity index (χ1v) is 5.17. The van der Waals surface area contributed by atoms with Crippen molar-refractivity contribution in [2.24, 2.45) is 0 Å². The van der Waals surface area contributed by atoms with E-state index < -0.39 is 0 Å². The van der Waals surface area contributed by atoms with Crippen molar-refractivity contribution in [3.8, 4) is 0 Å². The third kappa shape index (κ3) is 4.00. The van der Waals surface area contributed by atoms with Gasteiger partial charge in [0.1, 0.15) is 0 Å². The zero-order valence-corrected chi connectivity index (χ0v) is 9.62. The predicted molar refractivity (Wildman–Crippen MR) is 60.6 cm³/mol. The third-order valence-corrected chi connectivity index (χ3v) is 2.30. The first kappa shape index (κ1) is 12.2. The summed E-state index contributed by atoms with van der Waals surface area (Å²) in [6.07, 6.45) is 0. The number of hydroxylamine groups is 1. The normalized spacial score (nSPS) is 12.7. The fraction of sp³-hybridized carbons (Fsp3) is 0.500. The van der Waals surface area contributed by atoms with Crippen molar-refractivity contribution < 1.29 is 9.57 Å². The molecule has 3 nitrogen and oxygen atoms in total. The minimum Gasteiger partial charge on any atom is -0.382 e. The van der Waals surface area contributed by atoms with Gasteiger partial charge in [-0.1, -0.05) is 24.3 Å². The van der Waals surface area contributed by atoms with Crippen molar-refractivity contribution in [2.45, 2.75) is 19.9 Å². The molecule has 0 aromatic heterocycles. The van der Waals surface area contributed by atoms with E-state index in [4.69, 9.17) is 9.57 Å². The monoisotopic (exact) mass is 209 g/mol. The number of rotatable bonds is 6. The van der Waals surface area contributed by atoms with Crippen LogP contribution in [-0.4, -0.2) is 20.3 Å². The Hall–Kier alpha value is -0.900. The summed E-state index contributed by atoms with van der Waals surface area (Å²) in [5.74, 6) is 0. The lowest BCUT2D eigenvalue weighted by Gasteiger charge is -2.15. The number of hydrogen-bond donors (Lipinski definition) is 1. The van der Waals surface area contributed by atoms with Gasteiger partial charge in [-0.3, -0.25) is 4.84 Å².